The molecule has 0 fully saturated rings. The van der Waals surface area contributed by atoms with E-state index in [0.29, 0.717) is 25.3 Å². The Morgan fingerprint density at radius 2 is 2.20 bits per heavy atom. The van der Waals surface area contributed by atoms with E-state index in [1.54, 1.807) is 0 Å². The molecule has 0 spiro atoms. The number of amides is 1. The fourth-order valence-corrected chi connectivity index (χ4v) is 2.23. The van der Waals surface area contributed by atoms with Gasteiger partial charge in [0, 0.05) is 24.6 Å². The highest BCUT2D eigenvalue weighted by Crippen LogP contribution is 2.17. The smallest absolute Gasteiger partial charge is 0.220 e. The Balaban J connectivity index is 2.34. The average molecular weight is 298 g/mol. The number of aryl methyl sites for hydroxylation is 2. The lowest BCUT2D eigenvalue weighted by Crippen LogP contribution is -2.29. The van der Waals surface area contributed by atoms with Gasteiger partial charge < -0.3 is 10.4 Å². The zero-order valence-electron chi connectivity index (χ0n) is 12.3. The SMILES string of the molecule is CCC(CCO)CNC(=O)CCc1ccc(C)c(Cl)c1. The van der Waals surface area contributed by atoms with Gasteiger partial charge in [0.05, 0.1) is 0 Å². The van der Waals surface area contributed by atoms with Gasteiger partial charge >= 0.3 is 0 Å². The molecule has 1 aromatic rings. The molecule has 0 aliphatic rings. The number of carbonyl (C=O) groups is 1. The van der Waals surface area contributed by atoms with Gasteiger partial charge in [-0.1, -0.05) is 37.1 Å². The minimum atomic E-state index is 0.0538. The van der Waals surface area contributed by atoms with E-state index in [2.05, 4.69) is 12.2 Å². The summed E-state index contributed by atoms with van der Waals surface area (Å²) in [6, 6.07) is 5.91. The number of rotatable bonds is 8. The number of nitrogens with one attached hydrogen (secondary N) is 1. The molecule has 0 aliphatic heterocycles. The minimum absolute atomic E-state index is 0.0538. The number of hydrogen-bond donors (Lipinski definition) is 2. The van der Waals surface area contributed by atoms with E-state index >= 15 is 0 Å². The second-order valence-electron chi connectivity index (χ2n) is 5.17. The maximum absolute atomic E-state index is 11.8. The van der Waals surface area contributed by atoms with Crippen molar-refractivity contribution in [2.45, 2.75) is 39.5 Å². The molecule has 0 aromatic heterocycles. The van der Waals surface area contributed by atoms with Crippen LogP contribution < -0.4 is 5.32 Å². The molecule has 1 rings (SSSR count). The van der Waals surface area contributed by atoms with Crippen molar-refractivity contribution in [3.63, 3.8) is 0 Å². The van der Waals surface area contributed by atoms with E-state index in [1.165, 1.54) is 0 Å². The third-order valence-electron chi connectivity index (χ3n) is 3.58. The van der Waals surface area contributed by atoms with Crippen molar-refractivity contribution in [2.24, 2.45) is 5.92 Å². The van der Waals surface area contributed by atoms with Crippen molar-refractivity contribution in [1.82, 2.24) is 5.32 Å². The molecular formula is C16H24ClNO2. The summed E-state index contributed by atoms with van der Waals surface area (Å²) < 4.78 is 0. The summed E-state index contributed by atoms with van der Waals surface area (Å²) in [5, 5.41) is 12.6. The highest BCUT2D eigenvalue weighted by atomic mass is 35.5. The third kappa shape index (κ3) is 5.93. The Morgan fingerprint density at radius 3 is 2.80 bits per heavy atom. The minimum Gasteiger partial charge on any atom is -0.396 e. The van der Waals surface area contributed by atoms with E-state index in [4.69, 9.17) is 16.7 Å². The fourth-order valence-electron chi connectivity index (χ4n) is 2.03. The molecule has 0 saturated carbocycles. The largest absolute Gasteiger partial charge is 0.396 e. The van der Waals surface area contributed by atoms with Gasteiger partial charge in [-0.15, -0.1) is 0 Å². The molecule has 0 bridgehead atoms. The maximum Gasteiger partial charge on any atom is 0.220 e. The first-order valence-corrected chi connectivity index (χ1v) is 7.57. The summed E-state index contributed by atoms with van der Waals surface area (Å²) >= 11 is 6.06. The number of hydrogen-bond acceptors (Lipinski definition) is 2. The summed E-state index contributed by atoms with van der Waals surface area (Å²) in [5.74, 6) is 0.413. The molecule has 0 heterocycles. The summed E-state index contributed by atoms with van der Waals surface area (Å²) in [6.45, 7) is 4.85. The van der Waals surface area contributed by atoms with E-state index in [9.17, 15) is 4.79 Å². The lowest BCUT2D eigenvalue weighted by molar-refractivity contribution is -0.121. The molecule has 0 saturated heterocycles. The second-order valence-corrected chi connectivity index (χ2v) is 5.58. The maximum atomic E-state index is 11.8. The molecule has 1 unspecified atom stereocenters. The molecule has 4 heteroatoms. The average Bonchev–Trinajstić information content (AvgIpc) is 2.44. The number of carbonyl (C=O) groups excluding carboxylic acids is 1. The fraction of sp³-hybridized carbons (Fsp3) is 0.562. The van der Waals surface area contributed by atoms with Crippen LogP contribution in [-0.4, -0.2) is 24.2 Å². The van der Waals surface area contributed by atoms with Gasteiger partial charge in [0.25, 0.3) is 0 Å². The van der Waals surface area contributed by atoms with Crippen molar-refractivity contribution < 1.29 is 9.90 Å². The van der Waals surface area contributed by atoms with Crippen LogP contribution in [0.25, 0.3) is 0 Å². The normalized spacial score (nSPS) is 12.2. The molecule has 0 aliphatic carbocycles. The Bertz CT molecular complexity index is 434. The Morgan fingerprint density at radius 1 is 1.45 bits per heavy atom. The summed E-state index contributed by atoms with van der Waals surface area (Å²) in [5.41, 5.74) is 2.13. The molecule has 2 N–H and O–H groups in total. The van der Waals surface area contributed by atoms with Crippen molar-refractivity contribution in [1.29, 1.82) is 0 Å². The second kappa shape index (κ2) is 8.98. The highest BCUT2D eigenvalue weighted by molar-refractivity contribution is 6.31. The zero-order chi connectivity index (χ0) is 15.0. The van der Waals surface area contributed by atoms with E-state index in [0.717, 1.165) is 29.0 Å². The first-order chi connectivity index (χ1) is 9.56. The van der Waals surface area contributed by atoms with Crippen LogP contribution in [0.4, 0.5) is 0 Å². The van der Waals surface area contributed by atoms with Crippen LogP contribution in [0.3, 0.4) is 0 Å². The standard InChI is InChI=1S/C16H24ClNO2/c1-3-13(8-9-19)11-18-16(20)7-6-14-5-4-12(2)15(17)10-14/h4-5,10,13,19H,3,6-9,11H2,1-2H3,(H,18,20). The first kappa shape index (κ1) is 17.0. The summed E-state index contributed by atoms with van der Waals surface area (Å²) in [6.07, 6.45) is 2.87. The Hall–Kier alpha value is -1.06. The topological polar surface area (TPSA) is 49.3 Å². The van der Waals surface area contributed by atoms with Gasteiger partial charge in [-0.3, -0.25) is 4.79 Å². The highest BCUT2D eigenvalue weighted by Gasteiger charge is 2.08. The van der Waals surface area contributed by atoms with Crippen molar-refractivity contribution in [3.8, 4) is 0 Å². The van der Waals surface area contributed by atoms with Gasteiger partial charge in [-0.25, -0.2) is 0 Å². The van der Waals surface area contributed by atoms with Gasteiger partial charge in [-0.05, 0) is 42.9 Å². The van der Waals surface area contributed by atoms with Crippen molar-refractivity contribution >= 4 is 17.5 Å². The molecular weight excluding hydrogens is 274 g/mol. The third-order valence-corrected chi connectivity index (χ3v) is 3.99. The molecule has 0 radical (unpaired) electrons. The van der Waals surface area contributed by atoms with Crippen LogP contribution in [-0.2, 0) is 11.2 Å². The molecule has 3 nitrogen and oxygen atoms in total. The van der Waals surface area contributed by atoms with Gasteiger partial charge in [0.1, 0.15) is 0 Å². The molecule has 1 amide bonds. The molecule has 1 aromatic carbocycles. The number of aliphatic hydroxyl groups is 1. The molecule has 112 valence electrons. The molecule has 1 atom stereocenters. The van der Waals surface area contributed by atoms with E-state index in [-0.39, 0.29) is 12.5 Å². The Labute approximate surface area is 126 Å². The van der Waals surface area contributed by atoms with Crippen LogP contribution in [0.2, 0.25) is 5.02 Å². The van der Waals surface area contributed by atoms with Crippen LogP contribution in [0, 0.1) is 12.8 Å². The lowest BCUT2D eigenvalue weighted by Gasteiger charge is -2.14. The summed E-state index contributed by atoms with van der Waals surface area (Å²) in [7, 11) is 0. The van der Waals surface area contributed by atoms with Crippen LogP contribution >= 0.6 is 11.6 Å². The quantitative estimate of drug-likeness (QED) is 0.774. The van der Waals surface area contributed by atoms with E-state index < -0.39 is 0 Å². The number of halogens is 1. The van der Waals surface area contributed by atoms with E-state index in [1.807, 2.05) is 25.1 Å². The summed E-state index contributed by atoms with van der Waals surface area (Å²) in [4.78, 5) is 11.8. The van der Waals surface area contributed by atoms with Gasteiger partial charge in [0.2, 0.25) is 5.91 Å². The predicted octanol–water partition coefficient (Wildman–Crippen LogP) is 3.11. The number of aliphatic hydroxyl groups excluding tert-OH is 1. The van der Waals surface area contributed by atoms with Crippen LogP contribution in [0.1, 0.15) is 37.3 Å². The monoisotopic (exact) mass is 297 g/mol. The molecule has 20 heavy (non-hydrogen) atoms. The van der Waals surface area contributed by atoms with Crippen molar-refractivity contribution in [3.05, 3.63) is 34.3 Å². The lowest BCUT2D eigenvalue weighted by atomic mass is 10.0. The van der Waals surface area contributed by atoms with Crippen molar-refractivity contribution in [2.75, 3.05) is 13.2 Å². The van der Waals surface area contributed by atoms with Crippen LogP contribution in [0.15, 0.2) is 18.2 Å². The van der Waals surface area contributed by atoms with Gasteiger partial charge in [0.15, 0.2) is 0 Å². The number of benzene rings is 1. The van der Waals surface area contributed by atoms with Gasteiger partial charge in [-0.2, -0.15) is 0 Å². The first-order valence-electron chi connectivity index (χ1n) is 7.19. The van der Waals surface area contributed by atoms with Crippen LogP contribution in [0.5, 0.6) is 0 Å². The Kier molecular flexibility index (Phi) is 7.63. The zero-order valence-corrected chi connectivity index (χ0v) is 13.0. The predicted molar refractivity (Wildman–Crippen MR) is 83.0 cm³/mol.